The topological polar surface area (TPSA) is 84.9 Å². The normalized spacial score (nSPS) is 15.9. The number of nitrogens with one attached hydrogen (secondary N) is 1. The molecule has 1 N–H and O–H groups in total. The molecule has 176 valence electrons. The zero-order chi connectivity index (χ0) is 23.8. The first-order chi connectivity index (χ1) is 15.8. The number of carbonyl (C=O) groups is 1. The van der Waals surface area contributed by atoms with Crippen LogP contribution in [0.15, 0.2) is 77.1 Å². The fraction of sp³-hybridized carbons (Fsp3) is 0.292. The van der Waals surface area contributed by atoms with Gasteiger partial charge in [0.1, 0.15) is 12.4 Å². The molecule has 9 heteroatoms. The molecule has 7 nitrogen and oxygen atoms in total. The van der Waals surface area contributed by atoms with Gasteiger partial charge in [0.2, 0.25) is 10.0 Å². The maximum Gasteiger partial charge on any atom is 0.255 e. The fourth-order valence-corrected chi connectivity index (χ4v) is 5.21. The third-order valence-electron chi connectivity index (χ3n) is 5.06. The van der Waals surface area contributed by atoms with Crippen LogP contribution in [0, 0.1) is 0 Å². The predicted molar refractivity (Wildman–Crippen MR) is 132 cm³/mol. The molecule has 1 atom stereocenters. The first kappa shape index (κ1) is 25.2. The summed E-state index contributed by atoms with van der Waals surface area (Å²) in [7, 11) is -3.70. The first-order valence-corrected chi connectivity index (χ1v) is 12.8. The molecule has 1 unspecified atom stereocenters. The number of amides is 1. The average Bonchev–Trinajstić information content (AvgIpc) is 3.32. The lowest BCUT2D eigenvalue weighted by atomic mass is 10.2. The van der Waals surface area contributed by atoms with E-state index in [2.05, 4.69) is 34.4 Å². The molecule has 0 aliphatic carbocycles. The van der Waals surface area contributed by atoms with Gasteiger partial charge in [-0.25, -0.2) is 8.42 Å². The quantitative estimate of drug-likeness (QED) is 0.425. The van der Waals surface area contributed by atoms with Crippen molar-refractivity contribution in [3.63, 3.8) is 0 Å². The molecule has 2 aromatic carbocycles. The molecule has 1 aliphatic heterocycles. The second-order valence-corrected chi connectivity index (χ2v) is 10.3. The van der Waals surface area contributed by atoms with Crippen LogP contribution in [-0.4, -0.2) is 51.0 Å². The molecule has 33 heavy (non-hydrogen) atoms. The van der Waals surface area contributed by atoms with E-state index in [1.165, 1.54) is 28.6 Å². The highest BCUT2D eigenvalue weighted by atomic mass is 79.9. The van der Waals surface area contributed by atoms with Crippen molar-refractivity contribution in [1.82, 2.24) is 4.31 Å². The molecule has 1 heterocycles. The van der Waals surface area contributed by atoms with E-state index in [0.29, 0.717) is 28.1 Å². The Hall–Kier alpha value is -2.46. The highest BCUT2D eigenvalue weighted by molar-refractivity contribution is 9.10. The van der Waals surface area contributed by atoms with Gasteiger partial charge in [-0.05, 0) is 71.2 Å². The Balaban J connectivity index is 1.64. The molecular weight excluding hydrogens is 508 g/mol. The van der Waals surface area contributed by atoms with Gasteiger partial charge in [0.05, 0.1) is 15.5 Å². The Bertz CT molecular complexity index is 1090. The maximum absolute atomic E-state index is 12.8. The molecule has 0 spiro atoms. The highest BCUT2D eigenvalue weighted by Crippen LogP contribution is 2.27. The third-order valence-corrected chi connectivity index (χ3v) is 7.52. The Kier molecular flexibility index (Phi) is 8.85. The molecule has 0 saturated carbocycles. The van der Waals surface area contributed by atoms with E-state index in [4.69, 9.17) is 9.47 Å². The minimum absolute atomic E-state index is 0.104. The second kappa shape index (κ2) is 11.6. The van der Waals surface area contributed by atoms with Crippen molar-refractivity contribution in [2.24, 2.45) is 0 Å². The van der Waals surface area contributed by atoms with Crippen molar-refractivity contribution in [3.05, 3.63) is 77.8 Å². The number of halogens is 1. The average molecular weight is 535 g/mol. The monoisotopic (exact) mass is 534 g/mol. The number of carbonyl (C=O) groups excluding carboxylic acids is 1. The summed E-state index contributed by atoms with van der Waals surface area (Å²) in [6.45, 7) is 8.79. The number of rotatable bonds is 11. The lowest BCUT2D eigenvalue weighted by Gasteiger charge is -2.19. The van der Waals surface area contributed by atoms with Crippen LogP contribution in [-0.2, 0) is 14.8 Å². The van der Waals surface area contributed by atoms with Crippen LogP contribution in [0.25, 0.3) is 0 Å². The van der Waals surface area contributed by atoms with E-state index in [1.807, 2.05) is 0 Å². The highest BCUT2D eigenvalue weighted by Gasteiger charge is 2.22. The number of benzene rings is 2. The van der Waals surface area contributed by atoms with E-state index in [9.17, 15) is 13.2 Å². The van der Waals surface area contributed by atoms with Crippen molar-refractivity contribution in [1.29, 1.82) is 0 Å². The van der Waals surface area contributed by atoms with E-state index < -0.39 is 10.0 Å². The van der Waals surface area contributed by atoms with Crippen LogP contribution < -0.4 is 10.1 Å². The lowest BCUT2D eigenvalue weighted by molar-refractivity contribution is 0.0677. The van der Waals surface area contributed by atoms with Crippen molar-refractivity contribution in [2.45, 2.75) is 23.8 Å². The molecular formula is C24H27BrN2O5S. The molecule has 0 aromatic heterocycles. The van der Waals surface area contributed by atoms with Gasteiger partial charge in [-0.2, -0.15) is 4.31 Å². The summed E-state index contributed by atoms with van der Waals surface area (Å²) in [6, 6.07) is 11.1. The number of hydrogen-bond acceptors (Lipinski definition) is 5. The van der Waals surface area contributed by atoms with Crippen LogP contribution in [0.3, 0.4) is 0 Å². The minimum atomic E-state index is -3.70. The zero-order valence-electron chi connectivity index (χ0n) is 18.2. The number of ether oxygens (including phenoxy) is 2. The van der Waals surface area contributed by atoms with Crippen LogP contribution >= 0.6 is 15.9 Å². The Morgan fingerprint density at radius 1 is 1.18 bits per heavy atom. The number of nitrogens with zero attached hydrogens (tertiary/aromatic N) is 1. The van der Waals surface area contributed by atoms with Gasteiger partial charge in [0, 0.05) is 30.9 Å². The van der Waals surface area contributed by atoms with E-state index in [1.54, 1.807) is 30.3 Å². The van der Waals surface area contributed by atoms with Crippen LogP contribution in [0.5, 0.6) is 5.75 Å². The summed E-state index contributed by atoms with van der Waals surface area (Å²) >= 11 is 3.45. The summed E-state index contributed by atoms with van der Waals surface area (Å²) in [5.41, 5.74) is 0.916. The predicted octanol–water partition coefficient (Wildman–Crippen LogP) is 4.62. The molecule has 1 saturated heterocycles. The lowest BCUT2D eigenvalue weighted by Crippen LogP contribution is -2.31. The summed E-state index contributed by atoms with van der Waals surface area (Å²) in [5.74, 6) is 0.317. The van der Waals surface area contributed by atoms with Gasteiger partial charge < -0.3 is 14.8 Å². The molecule has 0 bridgehead atoms. The first-order valence-electron chi connectivity index (χ1n) is 10.5. The minimum Gasteiger partial charge on any atom is -0.490 e. The molecule has 1 fully saturated rings. The number of hydrogen-bond donors (Lipinski definition) is 1. The summed E-state index contributed by atoms with van der Waals surface area (Å²) in [5, 5.41) is 2.78. The number of anilines is 1. The second-order valence-electron chi connectivity index (χ2n) is 7.47. The Labute approximate surface area is 203 Å². The van der Waals surface area contributed by atoms with E-state index in [0.717, 1.165) is 19.4 Å². The molecule has 0 radical (unpaired) electrons. The standard InChI is InChI=1S/C24H27BrN2O5S/c1-3-13-27(14-4-2)33(29,30)21-10-8-19(9-11-21)26-24(28)18-7-12-23(22(25)16-18)32-17-20-6-5-15-31-20/h3-4,7-12,16,20H,1-2,5-6,13-15,17H2,(H,26,28). The zero-order valence-corrected chi connectivity index (χ0v) is 20.6. The van der Waals surface area contributed by atoms with Gasteiger partial charge in [0.25, 0.3) is 5.91 Å². The van der Waals surface area contributed by atoms with Gasteiger partial charge in [-0.3, -0.25) is 4.79 Å². The van der Waals surface area contributed by atoms with Crippen LogP contribution in [0.2, 0.25) is 0 Å². The summed E-state index contributed by atoms with van der Waals surface area (Å²) in [4.78, 5) is 12.8. The van der Waals surface area contributed by atoms with Crippen molar-refractivity contribution in [3.8, 4) is 5.75 Å². The Morgan fingerprint density at radius 3 is 2.45 bits per heavy atom. The van der Waals surface area contributed by atoms with Crippen LogP contribution in [0.4, 0.5) is 5.69 Å². The van der Waals surface area contributed by atoms with Gasteiger partial charge >= 0.3 is 0 Å². The van der Waals surface area contributed by atoms with Crippen molar-refractivity contribution in [2.75, 3.05) is 31.6 Å². The van der Waals surface area contributed by atoms with Crippen molar-refractivity contribution < 1.29 is 22.7 Å². The van der Waals surface area contributed by atoms with Gasteiger partial charge in [-0.1, -0.05) is 12.2 Å². The SMILES string of the molecule is C=CCN(CC=C)S(=O)(=O)c1ccc(NC(=O)c2ccc(OCC3CCCO3)c(Br)c2)cc1. The smallest absolute Gasteiger partial charge is 0.255 e. The Morgan fingerprint density at radius 2 is 1.88 bits per heavy atom. The summed E-state index contributed by atoms with van der Waals surface area (Å²) < 4.78 is 38.9. The van der Waals surface area contributed by atoms with Crippen molar-refractivity contribution >= 4 is 37.5 Å². The maximum atomic E-state index is 12.8. The van der Waals surface area contributed by atoms with E-state index >= 15 is 0 Å². The molecule has 2 aromatic rings. The summed E-state index contributed by atoms with van der Waals surface area (Å²) in [6.07, 6.45) is 5.17. The van der Waals surface area contributed by atoms with Crippen LogP contribution in [0.1, 0.15) is 23.2 Å². The number of sulfonamides is 1. The largest absolute Gasteiger partial charge is 0.490 e. The molecule has 1 aliphatic rings. The third kappa shape index (κ3) is 6.54. The molecule has 3 rings (SSSR count). The van der Waals surface area contributed by atoms with Gasteiger partial charge in [0.15, 0.2) is 0 Å². The van der Waals surface area contributed by atoms with E-state index in [-0.39, 0.29) is 30.0 Å². The fourth-order valence-electron chi connectivity index (χ4n) is 3.34. The van der Waals surface area contributed by atoms with Gasteiger partial charge in [-0.15, -0.1) is 13.2 Å². The molecule has 1 amide bonds.